The Morgan fingerprint density at radius 1 is 1.22 bits per heavy atom. The summed E-state index contributed by atoms with van der Waals surface area (Å²) in [6.45, 7) is 0.993. The van der Waals surface area contributed by atoms with Gasteiger partial charge in [0.05, 0.1) is 25.4 Å². The average Bonchev–Trinajstić information content (AvgIpc) is 3.32. The van der Waals surface area contributed by atoms with Crippen molar-refractivity contribution in [1.82, 2.24) is 0 Å². The van der Waals surface area contributed by atoms with Crippen LogP contribution in [0, 0.1) is 11.8 Å². The first-order valence-corrected chi connectivity index (χ1v) is 11.3. The second-order valence-corrected chi connectivity index (χ2v) is 8.66. The van der Waals surface area contributed by atoms with Crippen LogP contribution in [0.5, 0.6) is 5.75 Å². The Kier molecular flexibility index (Phi) is 9.13. The fourth-order valence-corrected chi connectivity index (χ4v) is 4.33. The van der Waals surface area contributed by atoms with Gasteiger partial charge >= 0.3 is 5.97 Å². The van der Waals surface area contributed by atoms with Gasteiger partial charge in [0, 0.05) is 23.8 Å². The van der Waals surface area contributed by atoms with Gasteiger partial charge in [-0.15, -0.1) is 0 Å². The van der Waals surface area contributed by atoms with Crippen molar-refractivity contribution in [2.24, 2.45) is 11.8 Å². The number of halogens is 1. The minimum atomic E-state index is -1.06. The SMILES string of the molecule is O=C(O)CCCC=CC[C@@H]1[C@@H](C=CC2(COc3cccc(Cl)c3)OCCO2)[C@H](O)C[C@@H]1O. The molecule has 2 aliphatic rings. The highest BCUT2D eigenvalue weighted by Gasteiger charge is 2.41. The van der Waals surface area contributed by atoms with Gasteiger partial charge in [-0.05, 0) is 49.5 Å². The Bertz CT molecular complexity index is 803. The molecule has 1 saturated carbocycles. The Balaban J connectivity index is 1.61. The standard InChI is InChI=1S/C24H31ClO7/c25-17-6-5-7-18(14-17)30-16-24(31-12-13-32-24)11-10-20-19(21(26)15-22(20)27)8-3-1-2-4-9-23(28)29/h1,3,5-7,10-11,14,19-22,26-27H,2,4,8-9,12-13,15-16H2,(H,28,29)/t19-,20-,21+,22-/m1/s1. The van der Waals surface area contributed by atoms with Crippen molar-refractivity contribution in [1.29, 1.82) is 0 Å². The summed E-state index contributed by atoms with van der Waals surface area (Å²) < 4.78 is 17.5. The Hall–Kier alpha value is -1.90. The number of aliphatic hydroxyl groups is 2. The number of unbranched alkanes of at least 4 members (excludes halogenated alkanes) is 1. The van der Waals surface area contributed by atoms with Gasteiger partial charge in [-0.2, -0.15) is 0 Å². The van der Waals surface area contributed by atoms with Gasteiger partial charge in [0.15, 0.2) is 0 Å². The lowest BCUT2D eigenvalue weighted by Crippen LogP contribution is -2.35. The van der Waals surface area contributed by atoms with Crippen LogP contribution in [0.3, 0.4) is 0 Å². The highest BCUT2D eigenvalue weighted by Crippen LogP contribution is 2.37. The number of benzene rings is 1. The molecule has 0 unspecified atom stereocenters. The number of rotatable bonds is 11. The van der Waals surface area contributed by atoms with Crippen LogP contribution < -0.4 is 4.74 Å². The minimum Gasteiger partial charge on any atom is -0.488 e. The van der Waals surface area contributed by atoms with Crippen molar-refractivity contribution < 1.29 is 34.3 Å². The van der Waals surface area contributed by atoms with Gasteiger partial charge in [0.2, 0.25) is 5.79 Å². The molecule has 0 amide bonds. The summed E-state index contributed by atoms with van der Waals surface area (Å²) in [7, 11) is 0. The van der Waals surface area contributed by atoms with E-state index in [2.05, 4.69) is 0 Å². The summed E-state index contributed by atoms with van der Waals surface area (Å²) >= 11 is 6.01. The summed E-state index contributed by atoms with van der Waals surface area (Å²) in [5.74, 6) is -1.67. The molecule has 1 heterocycles. The molecular weight excluding hydrogens is 436 g/mol. The molecule has 0 radical (unpaired) electrons. The van der Waals surface area contributed by atoms with Crippen LogP contribution in [-0.2, 0) is 14.3 Å². The van der Waals surface area contributed by atoms with Crippen LogP contribution in [0.15, 0.2) is 48.6 Å². The number of aliphatic carboxylic acids is 1. The van der Waals surface area contributed by atoms with Crippen molar-refractivity contribution in [2.45, 2.75) is 50.1 Å². The van der Waals surface area contributed by atoms with Crippen LogP contribution in [0.2, 0.25) is 5.02 Å². The van der Waals surface area contributed by atoms with Crippen molar-refractivity contribution in [3.8, 4) is 5.75 Å². The molecular formula is C24H31ClO7. The lowest BCUT2D eigenvalue weighted by molar-refractivity contribution is -0.139. The van der Waals surface area contributed by atoms with E-state index in [1.807, 2.05) is 18.2 Å². The number of carboxylic acids is 1. The van der Waals surface area contributed by atoms with E-state index < -0.39 is 24.0 Å². The third kappa shape index (κ3) is 7.05. The first-order chi connectivity index (χ1) is 15.4. The Morgan fingerprint density at radius 2 is 2.00 bits per heavy atom. The maximum atomic E-state index is 10.6. The molecule has 1 aliphatic carbocycles. The third-order valence-corrected chi connectivity index (χ3v) is 6.07. The maximum Gasteiger partial charge on any atom is 0.303 e. The van der Waals surface area contributed by atoms with E-state index >= 15 is 0 Å². The number of hydrogen-bond acceptors (Lipinski definition) is 6. The molecule has 1 aliphatic heterocycles. The molecule has 7 nitrogen and oxygen atoms in total. The van der Waals surface area contributed by atoms with Crippen molar-refractivity contribution in [3.63, 3.8) is 0 Å². The van der Waals surface area contributed by atoms with E-state index in [-0.39, 0.29) is 24.9 Å². The topological polar surface area (TPSA) is 105 Å². The number of aliphatic hydroxyl groups excluding tert-OH is 2. The fourth-order valence-electron chi connectivity index (χ4n) is 4.15. The normalized spacial score (nSPS) is 27.5. The number of allylic oxidation sites excluding steroid dienone is 2. The molecule has 1 saturated heterocycles. The number of hydrogen-bond donors (Lipinski definition) is 3. The van der Waals surface area contributed by atoms with Crippen LogP contribution in [0.4, 0.5) is 0 Å². The molecule has 8 heteroatoms. The quantitative estimate of drug-likeness (QED) is 0.338. The zero-order valence-electron chi connectivity index (χ0n) is 17.9. The first-order valence-electron chi connectivity index (χ1n) is 11.0. The lowest BCUT2D eigenvalue weighted by atomic mass is 9.89. The zero-order chi connectivity index (χ0) is 23.0. The summed E-state index contributed by atoms with van der Waals surface area (Å²) in [6, 6.07) is 7.07. The molecule has 0 aromatic heterocycles. The Morgan fingerprint density at radius 3 is 2.72 bits per heavy atom. The maximum absolute atomic E-state index is 10.6. The summed E-state index contributed by atoms with van der Waals surface area (Å²) in [5.41, 5.74) is 0. The number of ether oxygens (including phenoxy) is 3. The van der Waals surface area contributed by atoms with Gasteiger partial charge in [0.25, 0.3) is 0 Å². The van der Waals surface area contributed by atoms with Gasteiger partial charge < -0.3 is 29.5 Å². The van der Waals surface area contributed by atoms with E-state index in [9.17, 15) is 15.0 Å². The third-order valence-electron chi connectivity index (χ3n) is 5.84. The zero-order valence-corrected chi connectivity index (χ0v) is 18.7. The monoisotopic (exact) mass is 466 g/mol. The van der Waals surface area contributed by atoms with Crippen molar-refractivity contribution in [3.05, 3.63) is 53.6 Å². The molecule has 4 atom stereocenters. The van der Waals surface area contributed by atoms with Gasteiger partial charge in [-0.1, -0.05) is 35.9 Å². The predicted molar refractivity (Wildman–Crippen MR) is 120 cm³/mol. The van der Waals surface area contributed by atoms with Crippen molar-refractivity contribution in [2.75, 3.05) is 19.8 Å². The van der Waals surface area contributed by atoms with Crippen LogP contribution >= 0.6 is 11.6 Å². The largest absolute Gasteiger partial charge is 0.488 e. The molecule has 176 valence electrons. The van der Waals surface area contributed by atoms with Crippen LogP contribution in [-0.4, -0.2) is 59.1 Å². The number of carbonyl (C=O) groups is 1. The van der Waals surface area contributed by atoms with Gasteiger partial charge in [-0.3, -0.25) is 4.79 Å². The van der Waals surface area contributed by atoms with E-state index in [1.54, 1.807) is 30.3 Å². The lowest BCUT2D eigenvalue weighted by Gasteiger charge is -2.26. The highest BCUT2D eigenvalue weighted by molar-refractivity contribution is 6.30. The van der Waals surface area contributed by atoms with Gasteiger partial charge in [-0.25, -0.2) is 0 Å². The van der Waals surface area contributed by atoms with Crippen molar-refractivity contribution >= 4 is 17.6 Å². The molecule has 32 heavy (non-hydrogen) atoms. The van der Waals surface area contributed by atoms with Crippen LogP contribution in [0.1, 0.15) is 32.1 Å². The first kappa shape index (κ1) is 24.7. The molecule has 1 aromatic rings. The molecule has 3 rings (SSSR count). The minimum absolute atomic E-state index is 0.128. The smallest absolute Gasteiger partial charge is 0.303 e. The molecule has 0 spiro atoms. The molecule has 3 N–H and O–H groups in total. The van der Waals surface area contributed by atoms with E-state index in [0.29, 0.717) is 49.7 Å². The van der Waals surface area contributed by atoms with Gasteiger partial charge in [0.1, 0.15) is 12.4 Å². The predicted octanol–water partition coefficient (Wildman–Crippen LogP) is 3.58. The second-order valence-electron chi connectivity index (χ2n) is 8.22. The Labute approximate surface area is 193 Å². The van der Waals surface area contributed by atoms with E-state index in [1.165, 1.54) is 0 Å². The summed E-state index contributed by atoms with van der Waals surface area (Å²) in [5, 5.41) is 30.2. The fraction of sp³-hybridized carbons (Fsp3) is 0.542. The van der Waals surface area contributed by atoms with Crippen LogP contribution in [0.25, 0.3) is 0 Å². The van der Waals surface area contributed by atoms with E-state index in [0.717, 1.165) is 0 Å². The average molecular weight is 467 g/mol. The molecule has 1 aromatic carbocycles. The molecule has 0 bridgehead atoms. The number of carboxylic acid groups (broad SMARTS) is 1. The molecule has 2 fully saturated rings. The van der Waals surface area contributed by atoms with E-state index in [4.69, 9.17) is 30.9 Å². The summed E-state index contributed by atoms with van der Waals surface area (Å²) in [6.07, 6.45) is 8.52. The second kappa shape index (κ2) is 11.8. The summed E-state index contributed by atoms with van der Waals surface area (Å²) in [4.78, 5) is 10.6. The highest BCUT2D eigenvalue weighted by atomic mass is 35.5.